The predicted molar refractivity (Wildman–Crippen MR) is 31.0 cm³/mol. The fourth-order valence-electron chi connectivity index (χ4n) is 0.411. The summed E-state index contributed by atoms with van der Waals surface area (Å²) in [6.45, 7) is 0. The molecule has 11 heavy (non-hydrogen) atoms. The number of nitrogens with two attached hydrogens (primary N) is 1. The summed E-state index contributed by atoms with van der Waals surface area (Å²) in [5, 5.41) is 23.1. The minimum absolute atomic E-state index is 0. The molecule has 1 aromatic rings. The second-order valence-corrected chi connectivity index (χ2v) is 1.46. The molecule has 62 valence electrons. The van der Waals surface area contributed by atoms with Crippen molar-refractivity contribution in [3.05, 3.63) is 6.33 Å². The molecule has 0 atom stereocenters. The fourth-order valence-corrected chi connectivity index (χ4v) is 0.411. The smallest absolute Gasteiger partial charge is 0.482 e. The van der Waals surface area contributed by atoms with Crippen LogP contribution in [0.15, 0.2) is 6.33 Å². The van der Waals surface area contributed by atoms with E-state index in [-0.39, 0.29) is 23.1 Å². The van der Waals surface area contributed by atoms with E-state index in [2.05, 4.69) is 14.9 Å². The van der Waals surface area contributed by atoms with Crippen molar-refractivity contribution in [2.24, 2.45) is 0 Å². The first-order valence-corrected chi connectivity index (χ1v) is 2.38. The minimum Gasteiger partial charge on any atom is -0.482 e. The third kappa shape index (κ3) is 2.77. The van der Waals surface area contributed by atoms with Crippen molar-refractivity contribution in [3.63, 3.8) is 0 Å². The van der Waals surface area contributed by atoms with Gasteiger partial charge in [0.05, 0.1) is 0 Å². The Labute approximate surface area is 72.8 Å². The van der Waals surface area contributed by atoms with Gasteiger partial charge in [-0.05, 0) is 0 Å². The van der Waals surface area contributed by atoms with E-state index >= 15 is 0 Å². The van der Waals surface area contributed by atoms with Crippen LogP contribution in [0.2, 0.25) is 0 Å². The monoisotopic (exact) mass is 200 g/mol. The molecule has 0 aliphatic carbocycles. The Morgan fingerprint density at radius 1 is 1.64 bits per heavy atom. The van der Waals surface area contributed by atoms with Gasteiger partial charge in [0, 0.05) is 17.1 Å². The number of hydrogen-bond acceptors (Lipinski definition) is 6. The van der Waals surface area contributed by atoms with Crippen LogP contribution in [0.1, 0.15) is 0 Å². The SMILES string of the molecule is Nn1cnnc1OB(O)O.[Fe]. The molecule has 9 heteroatoms. The van der Waals surface area contributed by atoms with E-state index in [0.717, 1.165) is 11.0 Å². The van der Waals surface area contributed by atoms with Crippen LogP contribution in [0.25, 0.3) is 0 Å². The van der Waals surface area contributed by atoms with Crippen LogP contribution in [0.5, 0.6) is 6.01 Å². The predicted octanol–water partition coefficient (Wildman–Crippen LogP) is -2.66. The number of nitrogen functional groups attached to an aromatic ring is 1. The average Bonchev–Trinajstić information content (AvgIpc) is 2.15. The molecule has 0 aliphatic rings. The molecule has 0 unspecified atom stereocenters. The van der Waals surface area contributed by atoms with Gasteiger partial charge >= 0.3 is 13.3 Å². The summed E-state index contributed by atoms with van der Waals surface area (Å²) in [5.41, 5.74) is 0. The van der Waals surface area contributed by atoms with Crippen molar-refractivity contribution in [1.29, 1.82) is 0 Å². The summed E-state index contributed by atoms with van der Waals surface area (Å²) in [5.74, 6) is 5.13. The molecule has 0 amide bonds. The standard InChI is InChI=1S/C2H5BN4O3.Fe/c4-7-1-5-6-2(7)10-3(8)9;/h1,8-9H,4H2;. The minimum atomic E-state index is -1.92. The molecular formula is C2H5BFeN4O3. The number of nitrogens with zero attached hydrogens (tertiary/aromatic N) is 3. The van der Waals surface area contributed by atoms with Crippen molar-refractivity contribution < 1.29 is 31.8 Å². The van der Waals surface area contributed by atoms with Gasteiger partial charge in [-0.2, -0.15) is 0 Å². The van der Waals surface area contributed by atoms with Crippen LogP contribution in [-0.2, 0) is 17.1 Å². The molecule has 7 nitrogen and oxygen atoms in total. The molecule has 0 saturated carbocycles. The molecular weight excluding hydrogens is 195 g/mol. The summed E-state index contributed by atoms with van der Waals surface area (Å²) in [6, 6.07) is -0.157. The second kappa shape index (κ2) is 4.19. The first kappa shape index (κ1) is 10.2. The topological polar surface area (TPSA) is 106 Å². The van der Waals surface area contributed by atoms with Gasteiger partial charge in [0.15, 0.2) is 0 Å². The maximum Gasteiger partial charge on any atom is 0.709 e. The van der Waals surface area contributed by atoms with E-state index in [1.807, 2.05) is 0 Å². The zero-order valence-electron chi connectivity index (χ0n) is 5.23. The van der Waals surface area contributed by atoms with Crippen molar-refractivity contribution in [2.75, 3.05) is 5.84 Å². The number of aromatic nitrogens is 3. The Morgan fingerprint density at radius 2 is 2.27 bits per heavy atom. The molecule has 0 aliphatic heterocycles. The molecule has 1 rings (SSSR count). The maximum atomic E-state index is 8.25. The summed E-state index contributed by atoms with van der Waals surface area (Å²) in [6.07, 6.45) is 1.16. The van der Waals surface area contributed by atoms with Crippen LogP contribution >= 0.6 is 0 Å². The molecule has 0 aromatic carbocycles. The number of rotatable bonds is 2. The van der Waals surface area contributed by atoms with Crippen molar-refractivity contribution >= 4 is 7.32 Å². The van der Waals surface area contributed by atoms with Crippen LogP contribution in [0, 0.1) is 0 Å². The Morgan fingerprint density at radius 3 is 2.64 bits per heavy atom. The molecule has 1 aromatic heterocycles. The molecule has 0 saturated heterocycles. The van der Waals surface area contributed by atoms with Gasteiger partial charge in [0.25, 0.3) is 0 Å². The van der Waals surface area contributed by atoms with Crippen molar-refractivity contribution in [1.82, 2.24) is 14.9 Å². The van der Waals surface area contributed by atoms with E-state index in [0.29, 0.717) is 0 Å². The van der Waals surface area contributed by atoms with Gasteiger partial charge in [-0.1, -0.05) is 5.10 Å². The second-order valence-electron chi connectivity index (χ2n) is 1.46. The average molecular weight is 200 g/mol. The normalized spacial score (nSPS) is 8.55. The molecule has 0 fully saturated rings. The van der Waals surface area contributed by atoms with Crippen LogP contribution in [0.4, 0.5) is 0 Å². The zero-order valence-corrected chi connectivity index (χ0v) is 6.33. The zero-order chi connectivity index (χ0) is 7.56. The molecule has 0 bridgehead atoms. The summed E-state index contributed by atoms with van der Waals surface area (Å²) in [7, 11) is -1.92. The maximum absolute atomic E-state index is 8.25. The van der Waals surface area contributed by atoms with E-state index < -0.39 is 7.32 Å². The quantitative estimate of drug-likeness (QED) is 0.355. The molecule has 0 spiro atoms. The third-order valence-corrected chi connectivity index (χ3v) is 0.751. The van der Waals surface area contributed by atoms with Gasteiger partial charge in [0.1, 0.15) is 6.33 Å². The molecule has 1 heterocycles. The van der Waals surface area contributed by atoms with Gasteiger partial charge in [-0.25, -0.2) is 4.68 Å². The Hall–Kier alpha value is -0.756. The fraction of sp³-hybridized carbons (Fsp3) is 0. The van der Waals surface area contributed by atoms with Crippen LogP contribution < -0.4 is 10.5 Å². The summed E-state index contributed by atoms with van der Waals surface area (Å²) < 4.78 is 5.18. The Balaban J connectivity index is 0.000001000. The van der Waals surface area contributed by atoms with Crippen molar-refractivity contribution in [2.45, 2.75) is 0 Å². The van der Waals surface area contributed by atoms with Gasteiger partial charge in [-0.3, -0.25) is 0 Å². The first-order valence-electron chi connectivity index (χ1n) is 2.38. The Bertz CT molecular complexity index is 217. The molecule has 4 N–H and O–H groups in total. The van der Waals surface area contributed by atoms with Gasteiger partial charge < -0.3 is 20.5 Å². The van der Waals surface area contributed by atoms with Gasteiger partial charge in [0.2, 0.25) is 0 Å². The van der Waals surface area contributed by atoms with Gasteiger partial charge in [-0.15, -0.1) is 5.10 Å². The van der Waals surface area contributed by atoms with E-state index in [9.17, 15) is 0 Å². The van der Waals surface area contributed by atoms with E-state index in [1.165, 1.54) is 0 Å². The largest absolute Gasteiger partial charge is 0.709 e. The van der Waals surface area contributed by atoms with E-state index in [4.69, 9.17) is 15.9 Å². The Kier molecular flexibility index (Phi) is 3.90. The van der Waals surface area contributed by atoms with E-state index in [1.54, 1.807) is 0 Å². The van der Waals surface area contributed by atoms with Crippen LogP contribution in [-0.4, -0.2) is 32.2 Å². The molecule has 0 radical (unpaired) electrons. The summed E-state index contributed by atoms with van der Waals surface area (Å²) >= 11 is 0. The first-order chi connectivity index (χ1) is 4.70. The number of hydrogen-bond donors (Lipinski definition) is 3. The summed E-state index contributed by atoms with van der Waals surface area (Å²) in [4.78, 5) is 0. The third-order valence-electron chi connectivity index (χ3n) is 0.751. The van der Waals surface area contributed by atoms with Crippen LogP contribution in [0.3, 0.4) is 0 Å². The van der Waals surface area contributed by atoms with Crippen molar-refractivity contribution in [3.8, 4) is 6.01 Å².